The largest absolute Gasteiger partial charge is 0.456 e. The molecule has 0 unspecified atom stereocenters. The molecule has 2 N–H and O–H groups in total. The van der Waals surface area contributed by atoms with Gasteiger partial charge in [0, 0.05) is 0 Å². The van der Waals surface area contributed by atoms with Crippen LogP contribution in [0.3, 0.4) is 0 Å². The van der Waals surface area contributed by atoms with E-state index < -0.39 is 29.7 Å². The molecule has 0 radical (unpaired) electrons. The Morgan fingerprint density at radius 3 is 2.17 bits per heavy atom. The Hall–Kier alpha value is -0.610. The minimum Gasteiger partial charge on any atom is -0.456 e. The zero-order valence-electron chi connectivity index (χ0n) is 7.44. The Morgan fingerprint density at radius 1 is 1.50 bits per heavy atom. The molecule has 1 heterocycles. The monoisotopic (exact) mass is 174 g/mol. The van der Waals surface area contributed by atoms with Gasteiger partial charge in [-0.05, 0) is 20.8 Å². The van der Waals surface area contributed by atoms with Crippen molar-refractivity contribution in [1.82, 2.24) is 0 Å². The molecule has 1 saturated heterocycles. The van der Waals surface area contributed by atoms with E-state index in [9.17, 15) is 15.0 Å². The summed E-state index contributed by atoms with van der Waals surface area (Å²) in [7, 11) is 0. The molecule has 0 amide bonds. The third kappa shape index (κ3) is 1.44. The Labute approximate surface area is 71.2 Å². The van der Waals surface area contributed by atoms with Crippen molar-refractivity contribution < 1.29 is 19.7 Å². The second-order valence-corrected chi connectivity index (χ2v) is 3.79. The highest BCUT2D eigenvalue weighted by atomic mass is 16.6. The van der Waals surface area contributed by atoms with E-state index in [2.05, 4.69) is 0 Å². The molecule has 0 aromatic rings. The summed E-state index contributed by atoms with van der Waals surface area (Å²) in [6.07, 6.45) is -1.71. The summed E-state index contributed by atoms with van der Waals surface area (Å²) < 4.78 is 4.81. The van der Waals surface area contributed by atoms with E-state index in [1.807, 2.05) is 0 Å². The molecule has 0 bridgehead atoms. The molecule has 1 aliphatic heterocycles. The van der Waals surface area contributed by atoms with Gasteiger partial charge in [0.25, 0.3) is 0 Å². The minimum absolute atomic E-state index is 0.449. The van der Waals surface area contributed by atoms with Gasteiger partial charge in [-0.15, -0.1) is 0 Å². The van der Waals surface area contributed by atoms with Crippen molar-refractivity contribution in [3.8, 4) is 0 Å². The summed E-state index contributed by atoms with van der Waals surface area (Å²) in [5.74, 6) is -0.990. The van der Waals surface area contributed by atoms with Crippen LogP contribution < -0.4 is 0 Å². The van der Waals surface area contributed by atoms with Gasteiger partial charge in [-0.3, -0.25) is 4.79 Å². The first kappa shape index (κ1) is 9.48. The zero-order valence-corrected chi connectivity index (χ0v) is 7.44. The lowest BCUT2D eigenvalue weighted by molar-refractivity contribution is -0.154. The van der Waals surface area contributed by atoms with Crippen LogP contribution in [0.5, 0.6) is 0 Å². The SMILES string of the molecule is C[C@@H]1C(=O)O[C@@H](C(C)(C)O)[C@H]1O. The zero-order chi connectivity index (χ0) is 9.52. The number of hydrogen-bond acceptors (Lipinski definition) is 4. The summed E-state index contributed by atoms with van der Waals surface area (Å²) in [4.78, 5) is 10.9. The van der Waals surface area contributed by atoms with Crippen LogP contribution in [0.25, 0.3) is 0 Å². The van der Waals surface area contributed by atoms with Crippen LogP contribution >= 0.6 is 0 Å². The van der Waals surface area contributed by atoms with Crippen LogP contribution in [0.1, 0.15) is 20.8 Å². The van der Waals surface area contributed by atoms with Crippen LogP contribution in [-0.2, 0) is 9.53 Å². The van der Waals surface area contributed by atoms with Crippen LogP contribution in [0.4, 0.5) is 0 Å². The number of aliphatic hydroxyl groups excluding tert-OH is 1. The maximum atomic E-state index is 10.9. The average Bonchev–Trinajstić information content (AvgIpc) is 2.15. The maximum Gasteiger partial charge on any atom is 0.311 e. The molecule has 0 aliphatic carbocycles. The van der Waals surface area contributed by atoms with E-state index in [1.54, 1.807) is 6.92 Å². The first-order chi connectivity index (χ1) is 5.34. The van der Waals surface area contributed by atoms with E-state index in [-0.39, 0.29) is 0 Å². The van der Waals surface area contributed by atoms with Crippen molar-refractivity contribution in [1.29, 1.82) is 0 Å². The van der Waals surface area contributed by atoms with Gasteiger partial charge in [0.05, 0.1) is 11.5 Å². The summed E-state index contributed by atoms with van der Waals surface area (Å²) in [5.41, 5.74) is -1.18. The number of aliphatic hydroxyl groups is 2. The number of ether oxygens (including phenoxy) is 1. The first-order valence-corrected chi connectivity index (χ1v) is 3.95. The summed E-state index contributed by atoms with van der Waals surface area (Å²) in [5, 5.41) is 18.9. The molecule has 4 heteroatoms. The molecular formula is C8H14O4. The fourth-order valence-corrected chi connectivity index (χ4v) is 1.27. The van der Waals surface area contributed by atoms with Crippen LogP contribution in [0.2, 0.25) is 0 Å². The van der Waals surface area contributed by atoms with Gasteiger partial charge in [0.1, 0.15) is 6.10 Å². The molecule has 12 heavy (non-hydrogen) atoms. The topological polar surface area (TPSA) is 66.8 Å². The minimum atomic E-state index is -1.18. The quantitative estimate of drug-likeness (QED) is 0.535. The highest BCUT2D eigenvalue weighted by molar-refractivity contribution is 5.75. The Balaban J connectivity index is 2.78. The molecule has 3 atom stereocenters. The normalized spacial score (nSPS) is 36.8. The molecule has 70 valence electrons. The van der Waals surface area contributed by atoms with E-state index in [0.29, 0.717) is 0 Å². The molecule has 0 saturated carbocycles. The van der Waals surface area contributed by atoms with Crippen LogP contribution in [0.15, 0.2) is 0 Å². The first-order valence-electron chi connectivity index (χ1n) is 3.95. The van der Waals surface area contributed by atoms with E-state index >= 15 is 0 Å². The number of carbonyl (C=O) groups excluding carboxylic acids is 1. The third-order valence-electron chi connectivity index (χ3n) is 2.13. The summed E-state index contributed by atoms with van der Waals surface area (Å²) >= 11 is 0. The standard InChI is InChI=1S/C8H14O4/c1-4-5(9)6(8(2,3)11)12-7(4)10/h4-6,9,11H,1-3H3/t4-,5-,6+/m0/s1. The number of hydrogen-bond donors (Lipinski definition) is 2. The van der Waals surface area contributed by atoms with Crippen molar-refractivity contribution in [3.05, 3.63) is 0 Å². The molecule has 4 nitrogen and oxygen atoms in total. The third-order valence-corrected chi connectivity index (χ3v) is 2.13. The van der Waals surface area contributed by atoms with Crippen molar-refractivity contribution in [2.24, 2.45) is 5.92 Å². The molecule has 1 aliphatic rings. The second-order valence-electron chi connectivity index (χ2n) is 3.79. The van der Waals surface area contributed by atoms with Crippen molar-refractivity contribution in [2.45, 2.75) is 38.6 Å². The van der Waals surface area contributed by atoms with Gasteiger partial charge in [0.15, 0.2) is 6.10 Å². The highest BCUT2D eigenvalue weighted by Gasteiger charge is 2.47. The predicted molar refractivity (Wildman–Crippen MR) is 41.3 cm³/mol. The van der Waals surface area contributed by atoms with E-state index in [4.69, 9.17) is 4.74 Å². The Morgan fingerprint density at radius 2 is 2.00 bits per heavy atom. The smallest absolute Gasteiger partial charge is 0.311 e. The molecule has 1 rings (SSSR count). The van der Waals surface area contributed by atoms with E-state index in [1.165, 1.54) is 13.8 Å². The lowest BCUT2D eigenvalue weighted by Gasteiger charge is -2.26. The predicted octanol–water partition coefficient (Wildman–Crippen LogP) is -0.320. The lowest BCUT2D eigenvalue weighted by Crippen LogP contribution is -2.43. The number of rotatable bonds is 1. The Bertz CT molecular complexity index is 194. The second kappa shape index (κ2) is 2.71. The summed E-state index contributed by atoms with van der Waals surface area (Å²) in [6.45, 7) is 4.59. The van der Waals surface area contributed by atoms with Crippen LogP contribution in [-0.4, -0.2) is 34.0 Å². The van der Waals surface area contributed by atoms with Crippen LogP contribution in [0, 0.1) is 5.92 Å². The number of cyclic esters (lactones) is 1. The van der Waals surface area contributed by atoms with Gasteiger partial charge < -0.3 is 14.9 Å². The van der Waals surface area contributed by atoms with Crippen molar-refractivity contribution in [2.75, 3.05) is 0 Å². The van der Waals surface area contributed by atoms with Gasteiger partial charge in [-0.2, -0.15) is 0 Å². The average molecular weight is 174 g/mol. The summed E-state index contributed by atoms with van der Waals surface area (Å²) in [6, 6.07) is 0. The fourth-order valence-electron chi connectivity index (χ4n) is 1.27. The molecule has 0 spiro atoms. The lowest BCUT2D eigenvalue weighted by atomic mass is 9.93. The maximum absolute atomic E-state index is 10.9. The number of esters is 1. The van der Waals surface area contributed by atoms with Gasteiger partial charge in [0.2, 0.25) is 0 Å². The van der Waals surface area contributed by atoms with Gasteiger partial charge in [-0.25, -0.2) is 0 Å². The van der Waals surface area contributed by atoms with Crippen molar-refractivity contribution in [3.63, 3.8) is 0 Å². The fraction of sp³-hybridized carbons (Fsp3) is 0.875. The van der Waals surface area contributed by atoms with Gasteiger partial charge >= 0.3 is 5.97 Å². The van der Waals surface area contributed by atoms with E-state index in [0.717, 1.165) is 0 Å². The Kier molecular flexibility index (Phi) is 2.14. The molecule has 0 aromatic carbocycles. The highest BCUT2D eigenvalue weighted by Crippen LogP contribution is 2.28. The number of carbonyl (C=O) groups is 1. The van der Waals surface area contributed by atoms with Gasteiger partial charge in [-0.1, -0.05) is 0 Å². The molecule has 0 aromatic heterocycles. The molecule has 1 fully saturated rings. The van der Waals surface area contributed by atoms with Crippen molar-refractivity contribution >= 4 is 5.97 Å². The molecular weight excluding hydrogens is 160 g/mol.